The summed E-state index contributed by atoms with van der Waals surface area (Å²) in [5.41, 5.74) is 0.798. The highest BCUT2D eigenvalue weighted by Crippen LogP contribution is 2.62. The Morgan fingerprint density at radius 1 is 0.667 bits per heavy atom. The summed E-state index contributed by atoms with van der Waals surface area (Å²) >= 11 is 0. The molecule has 0 aromatic rings. The lowest BCUT2D eigenvalue weighted by Crippen LogP contribution is -2.70. The quantitative estimate of drug-likeness (QED) is 0.145. The van der Waals surface area contributed by atoms with E-state index in [9.17, 15) is 0 Å². The molecule has 0 amide bonds. The van der Waals surface area contributed by atoms with E-state index in [1.807, 2.05) is 13.8 Å². The summed E-state index contributed by atoms with van der Waals surface area (Å²) in [5.74, 6) is 1.19. The zero-order valence-electron chi connectivity index (χ0n) is 29.9. The molecule has 10 fully saturated rings. The lowest BCUT2D eigenvalue weighted by atomic mass is 9.57. The third-order valence-corrected chi connectivity index (χ3v) is 14.7. The molecule has 10 heteroatoms. The average Bonchev–Trinajstić information content (AvgIpc) is 3.42. The van der Waals surface area contributed by atoms with Gasteiger partial charge in [-0.3, -0.25) is 0 Å². The Bertz CT molecular complexity index is 1190. The molecule has 8 saturated heterocycles. The molecule has 4 bridgehead atoms. The minimum atomic E-state index is -0.792. The van der Waals surface area contributed by atoms with Crippen molar-refractivity contribution in [2.75, 3.05) is 6.35 Å². The first kappa shape index (κ1) is 34.6. The van der Waals surface area contributed by atoms with Crippen molar-refractivity contribution >= 4 is 9.24 Å². The third kappa shape index (κ3) is 5.15. The van der Waals surface area contributed by atoms with Crippen molar-refractivity contribution in [2.45, 2.75) is 159 Å². The predicted molar refractivity (Wildman–Crippen MR) is 181 cm³/mol. The largest absolute Gasteiger partial charge is 0.366 e. The lowest BCUT2D eigenvalue weighted by molar-refractivity contribution is -0.571. The van der Waals surface area contributed by atoms with Crippen LogP contribution in [0.5, 0.6) is 0 Å². The zero-order chi connectivity index (χ0) is 33.8. The minimum Gasteiger partial charge on any atom is -0.366 e. The monoisotopic (exact) mass is 690 g/mol. The van der Waals surface area contributed by atoms with Crippen LogP contribution in [0.1, 0.15) is 106 Å². The van der Waals surface area contributed by atoms with E-state index >= 15 is 0 Å². The Balaban J connectivity index is 0.991. The molecule has 10 aliphatic rings. The van der Waals surface area contributed by atoms with Gasteiger partial charge in [-0.25, -0.2) is 19.6 Å². The fourth-order valence-electron chi connectivity index (χ4n) is 11.8. The first-order valence-corrected chi connectivity index (χ1v) is 19.7. The van der Waals surface area contributed by atoms with Crippen LogP contribution >= 0.6 is 9.24 Å². The van der Waals surface area contributed by atoms with Crippen LogP contribution in [0.4, 0.5) is 0 Å². The summed E-state index contributed by atoms with van der Waals surface area (Å²) in [6.45, 7) is 22.5. The van der Waals surface area contributed by atoms with Crippen molar-refractivity contribution in [1.82, 2.24) is 0 Å². The first-order chi connectivity index (χ1) is 22.8. The summed E-state index contributed by atoms with van der Waals surface area (Å²) in [7, 11) is 2.70. The van der Waals surface area contributed by atoms with Crippen LogP contribution in [0.2, 0.25) is 0 Å². The second-order valence-electron chi connectivity index (χ2n) is 17.3. The Morgan fingerprint density at radius 2 is 1.10 bits per heavy atom. The van der Waals surface area contributed by atoms with E-state index in [0.717, 1.165) is 49.7 Å². The smallest absolute Gasteiger partial charge is 0.201 e. The number of ether oxygens (including phenoxy) is 5. The number of hydrogen-bond donors (Lipinski definition) is 0. The number of hydrogen-bond acceptors (Lipinski definition) is 9. The molecule has 0 aromatic carbocycles. The minimum absolute atomic E-state index is 0.0826. The first-order valence-electron chi connectivity index (χ1n) is 18.9. The van der Waals surface area contributed by atoms with Crippen molar-refractivity contribution in [3.63, 3.8) is 0 Å². The van der Waals surface area contributed by atoms with E-state index in [2.05, 4.69) is 50.1 Å². The van der Waals surface area contributed by atoms with Gasteiger partial charge in [-0.2, -0.15) is 0 Å². The molecule has 0 radical (unpaired) electrons. The molecule has 10 rings (SSSR count). The fraction of sp³-hybridized carbons (Fsp3) is 0.895. The van der Waals surface area contributed by atoms with Crippen LogP contribution < -0.4 is 0 Å². The van der Waals surface area contributed by atoms with Gasteiger partial charge in [0.1, 0.15) is 0 Å². The van der Waals surface area contributed by atoms with Gasteiger partial charge in [0.15, 0.2) is 23.8 Å². The fourth-order valence-corrected chi connectivity index (χ4v) is 12.0. The molecule has 2 aliphatic carbocycles. The molecule has 48 heavy (non-hydrogen) atoms. The zero-order valence-corrected chi connectivity index (χ0v) is 31.1. The Labute approximate surface area is 289 Å². The summed E-state index contributed by atoms with van der Waals surface area (Å²) in [6.07, 6.45) is 8.51. The summed E-state index contributed by atoms with van der Waals surface area (Å²) in [4.78, 5) is 24.8. The van der Waals surface area contributed by atoms with E-state index in [4.69, 9.17) is 43.2 Å². The molecule has 1 unspecified atom stereocenters. The molecule has 9 nitrogen and oxygen atoms in total. The van der Waals surface area contributed by atoms with E-state index in [-0.39, 0.29) is 42.0 Å². The molecular weight excluding hydrogens is 631 g/mol. The number of fused-ring (bicyclic) bond motifs is 4. The van der Waals surface area contributed by atoms with Gasteiger partial charge in [0, 0.05) is 24.7 Å². The molecule has 270 valence electrons. The van der Waals surface area contributed by atoms with E-state index in [1.54, 1.807) is 0 Å². The van der Waals surface area contributed by atoms with E-state index in [0.29, 0.717) is 42.9 Å². The van der Waals surface area contributed by atoms with Gasteiger partial charge in [0.05, 0.1) is 24.7 Å². The van der Waals surface area contributed by atoms with E-state index in [1.165, 1.54) is 12.8 Å². The molecule has 2 saturated carbocycles. The maximum absolute atomic E-state index is 6.92. The van der Waals surface area contributed by atoms with Gasteiger partial charge in [0.25, 0.3) is 0 Å². The Kier molecular flexibility index (Phi) is 8.89. The van der Waals surface area contributed by atoms with Gasteiger partial charge in [-0.1, -0.05) is 40.9 Å². The second kappa shape index (κ2) is 12.3. The summed E-state index contributed by atoms with van der Waals surface area (Å²) in [6, 6.07) is 0. The standard InChI is InChI=1S/C38H59O9P/c1-20-9-11-28-24(5)30(40-33-37(28)26(20)13-15-35(7,42-33)44-46-37)17-22(3)32(39-19-48)23(4)18-31-25(6)29-12-10-21(2)27-14-16-36(8)43-34(41-31)38(27,29)47-45-36/h20-21,24-34H,3-4,9-19,48H2,1-2,5-8H3/t20-,21-,24-,25-,26+,27+,28+,29+,30-,31-,33-,34-,35+,36+,37-,38-/m1/s1. The highest BCUT2D eigenvalue weighted by Gasteiger charge is 2.71. The molecule has 8 aliphatic heterocycles. The average molecular weight is 691 g/mol. The molecule has 8 heterocycles. The maximum Gasteiger partial charge on any atom is 0.201 e. The molecule has 2 spiro atoms. The normalized spacial score (nSPS) is 53.8. The van der Waals surface area contributed by atoms with Gasteiger partial charge < -0.3 is 23.7 Å². The highest BCUT2D eigenvalue weighted by molar-refractivity contribution is 7.16. The van der Waals surface area contributed by atoms with Gasteiger partial charge in [-0.05, 0) is 112 Å². The predicted octanol–water partition coefficient (Wildman–Crippen LogP) is 7.60. The summed E-state index contributed by atoms with van der Waals surface area (Å²) in [5, 5.41) is 0. The van der Waals surface area contributed by atoms with Crippen molar-refractivity contribution in [3.8, 4) is 0 Å². The topological polar surface area (TPSA) is 83.1 Å². The van der Waals surface area contributed by atoms with Crippen LogP contribution in [-0.4, -0.2) is 60.0 Å². The van der Waals surface area contributed by atoms with Gasteiger partial charge in [0.2, 0.25) is 11.6 Å². The van der Waals surface area contributed by atoms with Crippen LogP contribution in [0.15, 0.2) is 24.3 Å². The maximum atomic E-state index is 6.92. The van der Waals surface area contributed by atoms with Crippen LogP contribution in [-0.2, 0) is 43.2 Å². The molecule has 17 atom stereocenters. The molecular formula is C38H59O9P. The van der Waals surface area contributed by atoms with Crippen molar-refractivity contribution in [2.24, 2.45) is 47.3 Å². The lowest BCUT2D eigenvalue weighted by Gasteiger charge is -2.60. The third-order valence-electron chi connectivity index (χ3n) is 14.5. The Hall–Kier alpha value is -0.450. The number of rotatable bonds is 8. The summed E-state index contributed by atoms with van der Waals surface area (Å²) < 4.78 is 33.5. The highest BCUT2D eigenvalue weighted by atomic mass is 31.0. The molecule has 0 N–H and O–H groups in total. The van der Waals surface area contributed by atoms with Crippen molar-refractivity contribution < 1.29 is 43.2 Å². The van der Waals surface area contributed by atoms with Gasteiger partial charge in [-0.15, -0.1) is 9.24 Å². The van der Waals surface area contributed by atoms with Gasteiger partial charge >= 0.3 is 0 Å². The van der Waals surface area contributed by atoms with Crippen LogP contribution in [0.3, 0.4) is 0 Å². The van der Waals surface area contributed by atoms with E-state index < -0.39 is 35.4 Å². The van der Waals surface area contributed by atoms with Crippen molar-refractivity contribution in [1.29, 1.82) is 0 Å². The molecule has 0 aromatic heterocycles. The second-order valence-corrected chi connectivity index (χ2v) is 17.7. The SMILES string of the molecule is C=C(C[C@H]1O[C@@H]2O[C@]3(C)CC[C@H]4[C@H](C)CC[C@@H]([C@H]1C)[C@@]24OO3)C(OCP)C(=C)C[C@H]1O[C@@H]2O[C@]3(C)CC[C@H]4[C@H](C)CC[C@@H]([C@H]1C)[C@@]24OO3. The van der Waals surface area contributed by atoms with Crippen molar-refractivity contribution in [3.05, 3.63) is 24.3 Å². The Morgan fingerprint density at radius 3 is 1.52 bits per heavy atom. The van der Waals surface area contributed by atoms with Crippen LogP contribution in [0, 0.1) is 47.3 Å². The van der Waals surface area contributed by atoms with Crippen LogP contribution in [0.25, 0.3) is 0 Å².